The van der Waals surface area contributed by atoms with Crippen LogP contribution in [0.15, 0.2) is 18.2 Å². The number of hydrogen-bond acceptors (Lipinski definition) is 4. The number of carboxylic acid groups (broad SMARTS) is 1. The van der Waals surface area contributed by atoms with Crippen LogP contribution in [-0.4, -0.2) is 42.8 Å². The normalized spacial score (nSPS) is 21.2. The average Bonchev–Trinajstić information content (AvgIpc) is 2.87. The number of aryl methyl sites for hydroxylation is 1. The number of amides is 1. The van der Waals surface area contributed by atoms with Crippen molar-refractivity contribution in [1.29, 1.82) is 0 Å². The first kappa shape index (κ1) is 15.5. The van der Waals surface area contributed by atoms with E-state index in [1.165, 1.54) is 0 Å². The van der Waals surface area contributed by atoms with Gasteiger partial charge in [0.05, 0.1) is 30.4 Å². The molecule has 3 N–H and O–H groups in total. The lowest BCUT2D eigenvalue weighted by molar-refractivity contribution is -0.120. The van der Waals surface area contributed by atoms with Gasteiger partial charge in [0, 0.05) is 6.04 Å². The Morgan fingerprint density at radius 2 is 2.14 bits per heavy atom. The van der Waals surface area contributed by atoms with Gasteiger partial charge >= 0.3 is 5.97 Å². The van der Waals surface area contributed by atoms with Crippen molar-refractivity contribution in [3.8, 4) is 0 Å². The SMILES string of the molecule is CCNC1COCC1C(=O)Nc1cccc(C)c1C(=O)O. The highest BCUT2D eigenvalue weighted by Crippen LogP contribution is 2.22. The van der Waals surface area contributed by atoms with Gasteiger partial charge in [0.2, 0.25) is 5.91 Å². The first-order chi connectivity index (χ1) is 10.0. The van der Waals surface area contributed by atoms with Gasteiger partial charge < -0.3 is 20.5 Å². The number of anilines is 1. The van der Waals surface area contributed by atoms with Gasteiger partial charge in [0.1, 0.15) is 0 Å². The summed E-state index contributed by atoms with van der Waals surface area (Å²) in [5.74, 6) is -1.58. The molecule has 1 aromatic rings. The zero-order chi connectivity index (χ0) is 15.4. The second-order valence-electron chi connectivity index (χ2n) is 5.10. The Morgan fingerprint density at radius 1 is 1.38 bits per heavy atom. The van der Waals surface area contributed by atoms with E-state index >= 15 is 0 Å². The van der Waals surface area contributed by atoms with Gasteiger partial charge in [-0.1, -0.05) is 19.1 Å². The molecule has 0 aliphatic carbocycles. The summed E-state index contributed by atoms with van der Waals surface area (Å²) in [7, 11) is 0. The Hall–Kier alpha value is -1.92. The Kier molecular flexibility index (Phi) is 4.93. The average molecular weight is 292 g/mol. The molecule has 1 heterocycles. The summed E-state index contributed by atoms with van der Waals surface area (Å²) in [6, 6.07) is 5.00. The fourth-order valence-corrected chi connectivity index (χ4v) is 2.56. The van der Waals surface area contributed by atoms with Crippen LogP contribution in [-0.2, 0) is 9.53 Å². The van der Waals surface area contributed by atoms with Gasteiger partial charge in [-0.3, -0.25) is 4.79 Å². The molecule has 1 aromatic carbocycles. The summed E-state index contributed by atoms with van der Waals surface area (Å²) in [5, 5.41) is 15.2. The summed E-state index contributed by atoms with van der Waals surface area (Å²) >= 11 is 0. The molecule has 2 atom stereocenters. The number of nitrogens with one attached hydrogen (secondary N) is 2. The maximum absolute atomic E-state index is 12.4. The third-order valence-corrected chi connectivity index (χ3v) is 3.63. The molecule has 0 aromatic heterocycles. The summed E-state index contributed by atoms with van der Waals surface area (Å²) < 4.78 is 5.34. The number of carbonyl (C=O) groups is 2. The van der Waals surface area contributed by atoms with E-state index in [0.29, 0.717) is 24.5 Å². The van der Waals surface area contributed by atoms with E-state index in [1.54, 1.807) is 25.1 Å². The highest BCUT2D eigenvalue weighted by atomic mass is 16.5. The third kappa shape index (κ3) is 3.40. The van der Waals surface area contributed by atoms with E-state index in [9.17, 15) is 14.7 Å². The van der Waals surface area contributed by atoms with Crippen LogP contribution in [0.5, 0.6) is 0 Å². The maximum Gasteiger partial charge on any atom is 0.338 e. The smallest absolute Gasteiger partial charge is 0.338 e. The number of carboxylic acids is 1. The lowest BCUT2D eigenvalue weighted by Crippen LogP contribution is -2.41. The lowest BCUT2D eigenvalue weighted by Gasteiger charge is -2.18. The number of benzene rings is 1. The number of likely N-dealkylation sites (N-methyl/N-ethyl adjacent to an activating group) is 1. The second kappa shape index (κ2) is 6.69. The Bertz CT molecular complexity index is 544. The van der Waals surface area contributed by atoms with E-state index < -0.39 is 5.97 Å². The van der Waals surface area contributed by atoms with Crippen molar-refractivity contribution in [2.45, 2.75) is 19.9 Å². The van der Waals surface area contributed by atoms with Crippen molar-refractivity contribution < 1.29 is 19.4 Å². The molecule has 1 fully saturated rings. The maximum atomic E-state index is 12.4. The Balaban J connectivity index is 2.16. The van der Waals surface area contributed by atoms with Crippen LogP contribution in [0, 0.1) is 12.8 Å². The predicted octanol–water partition coefficient (Wildman–Crippen LogP) is 1.26. The van der Waals surface area contributed by atoms with Crippen molar-refractivity contribution >= 4 is 17.6 Å². The van der Waals surface area contributed by atoms with Gasteiger partial charge in [-0.25, -0.2) is 4.79 Å². The molecule has 0 saturated carbocycles. The van der Waals surface area contributed by atoms with E-state index in [2.05, 4.69) is 10.6 Å². The van der Waals surface area contributed by atoms with Crippen LogP contribution < -0.4 is 10.6 Å². The Morgan fingerprint density at radius 3 is 2.81 bits per heavy atom. The largest absolute Gasteiger partial charge is 0.478 e. The topological polar surface area (TPSA) is 87.7 Å². The van der Waals surface area contributed by atoms with Gasteiger partial charge in [-0.15, -0.1) is 0 Å². The summed E-state index contributed by atoms with van der Waals surface area (Å²) in [4.78, 5) is 23.7. The van der Waals surface area contributed by atoms with E-state index in [-0.39, 0.29) is 23.4 Å². The number of aromatic carboxylic acids is 1. The van der Waals surface area contributed by atoms with Crippen LogP contribution in [0.1, 0.15) is 22.8 Å². The van der Waals surface area contributed by atoms with Crippen LogP contribution in [0.25, 0.3) is 0 Å². The monoisotopic (exact) mass is 292 g/mol. The molecule has 1 amide bonds. The first-order valence-electron chi connectivity index (χ1n) is 6.99. The molecule has 0 radical (unpaired) electrons. The Labute approximate surface area is 123 Å². The molecule has 21 heavy (non-hydrogen) atoms. The summed E-state index contributed by atoms with van der Waals surface area (Å²) in [6.45, 7) is 5.27. The zero-order valence-electron chi connectivity index (χ0n) is 12.2. The highest BCUT2D eigenvalue weighted by Gasteiger charge is 2.34. The van der Waals surface area contributed by atoms with Crippen LogP contribution >= 0.6 is 0 Å². The quantitative estimate of drug-likeness (QED) is 0.760. The minimum Gasteiger partial charge on any atom is -0.478 e. The van der Waals surface area contributed by atoms with Gasteiger partial charge in [-0.05, 0) is 25.1 Å². The molecule has 1 aliphatic heterocycles. The van der Waals surface area contributed by atoms with E-state index in [0.717, 1.165) is 6.54 Å². The molecule has 0 spiro atoms. The van der Waals surface area contributed by atoms with Gasteiger partial charge in [0.25, 0.3) is 0 Å². The highest BCUT2D eigenvalue weighted by molar-refractivity contribution is 6.02. The molecule has 114 valence electrons. The summed E-state index contributed by atoms with van der Waals surface area (Å²) in [5.41, 5.74) is 1.07. The van der Waals surface area contributed by atoms with Crippen molar-refractivity contribution in [1.82, 2.24) is 5.32 Å². The number of ether oxygens (including phenoxy) is 1. The number of carbonyl (C=O) groups excluding carboxylic acids is 1. The molecule has 2 unspecified atom stereocenters. The zero-order valence-corrected chi connectivity index (χ0v) is 12.2. The van der Waals surface area contributed by atoms with Gasteiger partial charge in [-0.2, -0.15) is 0 Å². The molecule has 6 heteroatoms. The molecule has 6 nitrogen and oxygen atoms in total. The van der Waals surface area contributed by atoms with Crippen molar-refractivity contribution in [3.63, 3.8) is 0 Å². The number of rotatable bonds is 5. The van der Waals surface area contributed by atoms with Gasteiger partial charge in [0.15, 0.2) is 0 Å². The first-order valence-corrected chi connectivity index (χ1v) is 6.99. The van der Waals surface area contributed by atoms with E-state index in [4.69, 9.17) is 4.74 Å². The molecule has 1 saturated heterocycles. The minimum atomic E-state index is -1.05. The van der Waals surface area contributed by atoms with Crippen molar-refractivity contribution in [2.24, 2.45) is 5.92 Å². The fourth-order valence-electron chi connectivity index (χ4n) is 2.56. The van der Waals surface area contributed by atoms with E-state index in [1.807, 2.05) is 6.92 Å². The summed E-state index contributed by atoms with van der Waals surface area (Å²) in [6.07, 6.45) is 0. The lowest BCUT2D eigenvalue weighted by atomic mass is 10.0. The van der Waals surface area contributed by atoms with Crippen molar-refractivity contribution in [3.05, 3.63) is 29.3 Å². The molecular weight excluding hydrogens is 272 g/mol. The van der Waals surface area contributed by atoms with Crippen molar-refractivity contribution in [2.75, 3.05) is 25.1 Å². The van der Waals surface area contributed by atoms with Crippen LogP contribution in [0.3, 0.4) is 0 Å². The molecule has 1 aliphatic rings. The minimum absolute atomic E-state index is 0.0342. The predicted molar refractivity (Wildman–Crippen MR) is 78.5 cm³/mol. The third-order valence-electron chi connectivity index (χ3n) is 3.63. The second-order valence-corrected chi connectivity index (χ2v) is 5.10. The standard InChI is InChI=1S/C15H20N2O4/c1-3-16-12-8-21-7-10(12)14(18)17-11-6-4-5-9(2)13(11)15(19)20/h4-6,10,12,16H,3,7-8H2,1-2H3,(H,17,18)(H,19,20). The molecule has 2 rings (SSSR count). The number of hydrogen-bond donors (Lipinski definition) is 3. The van der Waals surface area contributed by atoms with Crippen LogP contribution in [0.2, 0.25) is 0 Å². The van der Waals surface area contributed by atoms with Crippen LogP contribution in [0.4, 0.5) is 5.69 Å². The molecular formula is C15H20N2O4. The molecule has 0 bridgehead atoms. The fraction of sp³-hybridized carbons (Fsp3) is 0.467.